The van der Waals surface area contributed by atoms with Crippen LogP contribution in [0.1, 0.15) is 29.5 Å². The number of anilines is 3. The lowest BCUT2D eigenvalue weighted by atomic mass is 10.1. The van der Waals surface area contributed by atoms with Gasteiger partial charge in [-0.15, -0.1) is 0 Å². The molecule has 2 amide bonds. The van der Waals surface area contributed by atoms with Crippen LogP contribution in [0.3, 0.4) is 0 Å². The summed E-state index contributed by atoms with van der Waals surface area (Å²) in [5.41, 5.74) is 5.75. The van der Waals surface area contributed by atoms with E-state index in [1.165, 1.54) is 0 Å². The normalized spacial score (nSPS) is 13.8. The van der Waals surface area contributed by atoms with Crippen molar-refractivity contribution >= 4 is 28.9 Å². The van der Waals surface area contributed by atoms with Crippen LogP contribution < -0.4 is 15.5 Å². The molecule has 26 heavy (non-hydrogen) atoms. The molecule has 0 radical (unpaired) electrons. The Morgan fingerprint density at radius 1 is 1.08 bits per heavy atom. The summed E-state index contributed by atoms with van der Waals surface area (Å²) < 4.78 is 0. The second kappa shape index (κ2) is 7.60. The van der Waals surface area contributed by atoms with Gasteiger partial charge in [0.2, 0.25) is 11.8 Å². The van der Waals surface area contributed by atoms with Crippen molar-refractivity contribution in [1.82, 2.24) is 0 Å². The molecule has 5 nitrogen and oxygen atoms in total. The van der Waals surface area contributed by atoms with E-state index in [1.54, 1.807) is 0 Å². The fourth-order valence-electron chi connectivity index (χ4n) is 3.38. The van der Waals surface area contributed by atoms with Gasteiger partial charge in [-0.05, 0) is 56.0 Å². The molecule has 1 aliphatic rings. The zero-order valence-electron chi connectivity index (χ0n) is 15.6. The van der Waals surface area contributed by atoms with E-state index in [2.05, 4.69) is 10.6 Å². The van der Waals surface area contributed by atoms with Crippen molar-refractivity contribution in [2.24, 2.45) is 0 Å². The summed E-state index contributed by atoms with van der Waals surface area (Å²) in [4.78, 5) is 26.2. The van der Waals surface area contributed by atoms with Crippen LogP contribution in [0.5, 0.6) is 0 Å². The van der Waals surface area contributed by atoms with Crippen LogP contribution in [0.15, 0.2) is 36.4 Å². The molecule has 0 bridgehead atoms. The summed E-state index contributed by atoms with van der Waals surface area (Å²) in [5.74, 6) is 0.0717. The highest BCUT2D eigenvalue weighted by atomic mass is 16.2. The molecule has 0 aromatic heterocycles. The van der Waals surface area contributed by atoms with Gasteiger partial charge in [0.05, 0.1) is 6.54 Å². The van der Waals surface area contributed by atoms with E-state index in [0.29, 0.717) is 6.42 Å². The van der Waals surface area contributed by atoms with Crippen LogP contribution in [0.4, 0.5) is 17.1 Å². The van der Waals surface area contributed by atoms with Gasteiger partial charge >= 0.3 is 0 Å². The number of aryl methyl sites for hydroxylation is 2. The highest BCUT2D eigenvalue weighted by Gasteiger charge is 2.23. The molecule has 2 N–H and O–H groups in total. The molecular weight excluding hydrogens is 326 g/mol. The number of carbonyl (C=O) groups excluding carboxylic acids is 2. The quantitative estimate of drug-likeness (QED) is 0.861. The monoisotopic (exact) mass is 351 g/mol. The van der Waals surface area contributed by atoms with E-state index in [1.807, 2.05) is 62.1 Å². The topological polar surface area (TPSA) is 61.4 Å². The summed E-state index contributed by atoms with van der Waals surface area (Å²) in [6.07, 6.45) is 1.50. The lowest BCUT2D eigenvalue weighted by molar-refractivity contribution is -0.117. The van der Waals surface area contributed by atoms with Crippen molar-refractivity contribution in [3.8, 4) is 0 Å². The maximum absolute atomic E-state index is 12.4. The molecule has 1 aliphatic heterocycles. The molecule has 1 heterocycles. The summed E-state index contributed by atoms with van der Waals surface area (Å²) in [6.45, 7) is 6.88. The van der Waals surface area contributed by atoms with Crippen molar-refractivity contribution in [2.45, 2.75) is 33.6 Å². The Kier molecular flexibility index (Phi) is 5.26. The van der Waals surface area contributed by atoms with Gasteiger partial charge in [0.15, 0.2) is 0 Å². The molecular formula is C21H25N3O2. The van der Waals surface area contributed by atoms with Crippen molar-refractivity contribution in [1.29, 1.82) is 0 Å². The third-order valence-corrected chi connectivity index (χ3v) is 4.85. The average molecular weight is 351 g/mol. The highest BCUT2D eigenvalue weighted by molar-refractivity contribution is 5.97. The fraction of sp³-hybridized carbons (Fsp3) is 0.333. The van der Waals surface area contributed by atoms with Gasteiger partial charge in [-0.25, -0.2) is 0 Å². The Bertz CT molecular complexity index is 825. The summed E-state index contributed by atoms with van der Waals surface area (Å²) in [7, 11) is 0. The highest BCUT2D eigenvalue weighted by Crippen LogP contribution is 2.29. The van der Waals surface area contributed by atoms with Gasteiger partial charge in [0.1, 0.15) is 0 Å². The summed E-state index contributed by atoms with van der Waals surface area (Å²) in [6, 6.07) is 11.8. The molecule has 0 atom stereocenters. The zero-order valence-corrected chi connectivity index (χ0v) is 15.6. The number of amides is 2. The number of para-hydroxylation sites is 1. The van der Waals surface area contributed by atoms with Gasteiger partial charge in [-0.2, -0.15) is 0 Å². The summed E-state index contributed by atoms with van der Waals surface area (Å²) >= 11 is 0. The Hall–Kier alpha value is -2.82. The fourth-order valence-corrected chi connectivity index (χ4v) is 3.38. The van der Waals surface area contributed by atoms with Gasteiger partial charge in [-0.1, -0.05) is 24.3 Å². The number of hydrogen-bond donors (Lipinski definition) is 2. The smallest absolute Gasteiger partial charge is 0.243 e. The van der Waals surface area contributed by atoms with Gasteiger partial charge in [0.25, 0.3) is 0 Å². The third kappa shape index (κ3) is 3.72. The van der Waals surface area contributed by atoms with Crippen LogP contribution in [0.2, 0.25) is 0 Å². The molecule has 0 spiro atoms. The largest absolute Gasteiger partial charge is 0.376 e. The first-order chi connectivity index (χ1) is 12.5. The third-order valence-electron chi connectivity index (χ3n) is 4.85. The Morgan fingerprint density at radius 2 is 1.77 bits per heavy atom. The molecule has 0 aliphatic carbocycles. The number of benzene rings is 2. The molecule has 3 rings (SSSR count). The van der Waals surface area contributed by atoms with Crippen LogP contribution >= 0.6 is 0 Å². The zero-order chi connectivity index (χ0) is 18.7. The predicted molar refractivity (Wildman–Crippen MR) is 106 cm³/mol. The molecule has 0 saturated carbocycles. The van der Waals surface area contributed by atoms with Gasteiger partial charge in [-0.3, -0.25) is 9.59 Å². The first kappa shape index (κ1) is 18.0. The Labute approximate surface area is 154 Å². The van der Waals surface area contributed by atoms with Crippen molar-refractivity contribution in [3.63, 3.8) is 0 Å². The number of rotatable bonds is 5. The van der Waals surface area contributed by atoms with Crippen LogP contribution in [-0.2, 0) is 9.59 Å². The minimum atomic E-state index is -0.0931. The summed E-state index contributed by atoms with van der Waals surface area (Å²) in [5, 5.41) is 6.18. The van der Waals surface area contributed by atoms with Gasteiger partial charge in [0, 0.05) is 30.0 Å². The SMILES string of the molecule is Cc1cccc(C)c1NC(=O)CNc1cccc(N2CCCC2=O)c1C. The van der Waals surface area contributed by atoms with Gasteiger partial charge < -0.3 is 15.5 Å². The van der Waals surface area contributed by atoms with Crippen LogP contribution in [0.25, 0.3) is 0 Å². The second-order valence-electron chi connectivity index (χ2n) is 6.77. The predicted octanol–water partition coefficient (Wildman–Crippen LogP) is 3.79. The second-order valence-corrected chi connectivity index (χ2v) is 6.77. The van der Waals surface area contributed by atoms with E-state index in [0.717, 1.165) is 46.7 Å². The first-order valence-corrected chi connectivity index (χ1v) is 8.97. The van der Waals surface area contributed by atoms with E-state index < -0.39 is 0 Å². The molecule has 136 valence electrons. The average Bonchev–Trinajstić information content (AvgIpc) is 3.03. The number of carbonyl (C=O) groups is 2. The molecule has 0 unspecified atom stereocenters. The van der Waals surface area contributed by atoms with Crippen molar-refractivity contribution in [3.05, 3.63) is 53.1 Å². The number of hydrogen-bond acceptors (Lipinski definition) is 3. The van der Waals surface area contributed by atoms with Crippen LogP contribution in [0, 0.1) is 20.8 Å². The first-order valence-electron chi connectivity index (χ1n) is 8.97. The van der Waals surface area contributed by atoms with E-state index in [4.69, 9.17) is 0 Å². The molecule has 1 saturated heterocycles. The Morgan fingerprint density at radius 3 is 2.42 bits per heavy atom. The van der Waals surface area contributed by atoms with Crippen LogP contribution in [-0.4, -0.2) is 24.9 Å². The van der Waals surface area contributed by atoms with Crippen molar-refractivity contribution < 1.29 is 9.59 Å². The number of nitrogens with zero attached hydrogens (tertiary/aromatic N) is 1. The van der Waals surface area contributed by atoms with E-state index >= 15 is 0 Å². The molecule has 1 fully saturated rings. The Balaban J connectivity index is 1.68. The maximum atomic E-state index is 12.4. The standard InChI is InChI=1S/C21H25N3O2/c1-14-7-4-8-15(2)21(14)23-19(25)13-22-17-9-5-10-18(16(17)3)24-12-6-11-20(24)26/h4-5,7-10,22H,6,11-13H2,1-3H3,(H,23,25). The van der Waals surface area contributed by atoms with Crippen molar-refractivity contribution in [2.75, 3.05) is 28.6 Å². The molecule has 2 aromatic rings. The molecule has 2 aromatic carbocycles. The molecule has 5 heteroatoms. The minimum Gasteiger partial charge on any atom is -0.376 e. The minimum absolute atomic E-state index is 0.0931. The maximum Gasteiger partial charge on any atom is 0.243 e. The number of nitrogens with one attached hydrogen (secondary N) is 2. The lowest BCUT2D eigenvalue weighted by Gasteiger charge is -2.21. The lowest BCUT2D eigenvalue weighted by Crippen LogP contribution is -2.26. The van der Waals surface area contributed by atoms with E-state index in [-0.39, 0.29) is 18.4 Å². The van der Waals surface area contributed by atoms with E-state index in [9.17, 15) is 9.59 Å².